The third kappa shape index (κ3) is 5.43. The van der Waals surface area contributed by atoms with Crippen LogP contribution >= 0.6 is 11.8 Å². The Morgan fingerprint density at radius 2 is 1.97 bits per heavy atom. The van der Waals surface area contributed by atoms with Crippen LogP contribution in [0.5, 0.6) is 5.75 Å². The molecule has 0 spiro atoms. The van der Waals surface area contributed by atoms with Gasteiger partial charge in [-0.1, -0.05) is 61.2 Å². The highest BCUT2D eigenvalue weighted by Gasteiger charge is 2.26. The van der Waals surface area contributed by atoms with Crippen LogP contribution in [0.4, 0.5) is 5.69 Å². The monoisotopic (exact) mass is 471 g/mol. The Hall–Kier alpha value is -3.30. The summed E-state index contributed by atoms with van der Waals surface area (Å²) >= 11 is 1.37. The summed E-state index contributed by atoms with van der Waals surface area (Å²) in [5, 5.41) is 13.1. The Morgan fingerprint density at radius 1 is 1.21 bits per heavy atom. The SMILES string of the molecule is CCOc1ccccc1NC(=O)C(CC)Sc1nc2c(cc1C#N)CC(c1ccccc1)CC2. The van der Waals surface area contributed by atoms with Crippen molar-refractivity contribution in [1.82, 2.24) is 4.98 Å². The Labute approximate surface area is 205 Å². The molecule has 34 heavy (non-hydrogen) atoms. The molecule has 6 heteroatoms. The molecule has 1 amide bonds. The van der Waals surface area contributed by atoms with Gasteiger partial charge in [0.2, 0.25) is 5.91 Å². The molecule has 0 aliphatic heterocycles. The molecule has 1 heterocycles. The van der Waals surface area contributed by atoms with Crippen LogP contribution in [0.15, 0.2) is 65.7 Å². The summed E-state index contributed by atoms with van der Waals surface area (Å²) < 4.78 is 5.63. The van der Waals surface area contributed by atoms with Crippen molar-refractivity contribution in [3.05, 3.63) is 83.0 Å². The number of hydrogen-bond donors (Lipinski definition) is 1. The molecule has 0 fully saturated rings. The number of fused-ring (bicyclic) bond motifs is 1. The van der Waals surface area contributed by atoms with Gasteiger partial charge in [-0.25, -0.2) is 4.98 Å². The van der Waals surface area contributed by atoms with Crippen molar-refractivity contribution in [3.8, 4) is 11.8 Å². The quantitative estimate of drug-likeness (QED) is 0.400. The summed E-state index contributed by atoms with van der Waals surface area (Å²) in [6.07, 6.45) is 3.41. The molecule has 2 atom stereocenters. The third-order valence-corrected chi connectivity index (χ3v) is 7.47. The molecule has 0 saturated heterocycles. The van der Waals surface area contributed by atoms with Gasteiger partial charge in [0.05, 0.1) is 23.1 Å². The van der Waals surface area contributed by atoms with E-state index in [-0.39, 0.29) is 11.2 Å². The van der Waals surface area contributed by atoms with Crippen molar-refractivity contribution in [2.75, 3.05) is 11.9 Å². The molecule has 1 aromatic heterocycles. The number of para-hydroxylation sites is 2. The molecule has 1 aliphatic rings. The van der Waals surface area contributed by atoms with Gasteiger partial charge in [0.25, 0.3) is 0 Å². The van der Waals surface area contributed by atoms with Gasteiger partial charge in [-0.2, -0.15) is 5.26 Å². The minimum Gasteiger partial charge on any atom is -0.492 e. The number of thioether (sulfide) groups is 1. The van der Waals surface area contributed by atoms with Crippen LogP contribution in [0, 0.1) is 11.3 Å². The smallest absolute Gasteiger partial charge is 0.238 e. The maximum absolute atomic E-state index is 13.1. The summed E-state index contributed by atoms with van der Waals surface area (Å²) in [5.74, 6) is 0.975. The van der Waals surface area contributed by atoms with Gasteiger partial charge < -0.3 is 10.1 Å². The molecule has 1 aliphatic carbocycles. The van der Waals surface area contributed by atoms with E-state index < -0.39 is 0 Å². The Kier molecular flexibility index (Phi) is 7.87. The number of rotatable bonds is 8. The molecule has 5 nitrogen and oxygen atoms in total. The molecule has 3 aromatic rings. The second-order valence-electron chi connectivity index (χ2n) is 8.34. The lowest BCUT2D eigenvalue weighted by Crippen LogP contribution is -2.25. The molecule has 2 aromatic carbocycles. The molecule has 174 valence electrons. The van der Waals surface area contributed by atoms with Gasteiger partial charge in [-0.15, -0.1) is 0 Å². The van der Waals surface area contributed by atoms with E-state index in [1.165, 1.54) is 17.3 Å². The van der Waals surface area contributed by atoms with Crippen LogP contribution in [-0.2, 0) is 17.6 Å². The number of carbonyl (C=O) groups excluding carboxylic acids is 1. The second kappa shape index (κ2) is 11.2. The zero-order chi connectivity index (χ0) is 23.9. The standard InChI is InChI=1S/C28H29N3O2S/c1-3-26(27(32)30-24-12-8-9-13-25(24)33-4-2)34-28-22(18-29)17-21-16-20(14-15-23(21)31-28)19-10-6-5-7-11-19/h5-13,17,20,26H,3-4,14-16H2,1-2H3,(H,30,32). The fraction of sp³-hybridized carbons (Fsp3) is 0.321. The lowest BCUT2D eigenvalue weighted by molar-refractivity contribution is -0.115. The van der Waals surface area contributed by atoms with Crippen LogP contribution in [0.1, 0.15) is 55.0 Å². The zero-order valence-electron chi connectivity index (χ0n) is 19.6. The lowest BCUT2D eigenvalue weighted by Gasteiger charge is -2.25. The van der Waals surface area contributed by atoms with E-state index in [0.29, 0.717) is 41.0 Å². The first-order valence-electron chi connectivity index (χ1n) is 11.8. The predicted octanol–water partition coefficient (Wildman–Crippen LogP) is 6.13. The maximum atomic E-state index is 13.1. The minimum absolute atomic E-state index is 0.118. The number of ether oxygens (including phenoxy) is 1. The van der Waals surface area contributed by atoms with Crippen LogP contribution in [-0.4, -0.2) is 22.7 Å². The molecule has 2 unspecified atom stereocenters. The zero-order valence-corrected chi connectivity index (χ0v) is 20.4. The second-order valence-corrected chi connectivity index (χ2v) is 9.53. The Morgan fingerprint density at radius 3 is 2.71 bits per heavy atom. The first-order valence-corrected chi connectivity index (χ1v) is 12.7. The van der Waals surface area contributed by atoms with Gasteiger partial charge in [0.15, 0.2) is 0 Å². The highest BCUT2D eigenvalue weighted by Crippen LogP contribution is 2.36. The first kappa shape index (κ1) is 23.8. The van der Waals surface area contributed by atoms with Crippen LogP contribution < -0.4 is 10.1 Å². The lowest BCUT2D eigenvalue weighted by atomic mass is 9.82. The van der Waals surface area contributed by atoms with E-state index in [0.717, 1.165) is 30.5 Å². The number of nitrogens with zero attached hydrogens (tertiary/aromatic N) is 2. The fourth-order valence-electron chi connectivity index (χ4n) is 4.35. The van der Waals surface area contributed by atoms with Gasteiger partial charge in [-0.3, -0.25) is 4.79 Å². The summed E-state index contributed by atoms with van der Waals surface area (Å²) in [4.78, 5) is 18.0. The van der Waals surface area contributed by atoms with Crippen molar-refractivity contribution in [3.63, 3.8) is 0 Å². The Balaban J connectivity index is 1.52. The molecule has 4 rings (SSSR count). The third-order valence-electron chi connectivity index (χ3n) is 6.11. The molecule has 0 radical (unpaired) electrons. The number of amides is 1. The van der Waals surface area contributed by atoms with E-state index in [1.807, 2.05) is 50.2 Å². The van der Waals surface area contributed by atoms with Crippen molar-refractivity contribution in [2.45, 2.75) is 55.7 Å². The van der Waals surface area contributed by atoms with Gasteiger partial charge in [0.1, 0.15) is 16.8 Å². The minimum atomic E-state index is -0.368. The predicted molar refractivity (Wildman–Crippen MR) is 136 cm³/mol. The maximum Gasteiger partial charge on any atom is 0.238 e. The summed E-state index contributed by atoms with van der Waals surface area (Å²) in [6.45, 7) is 4.41. The molecular weight excluding hydrogens is 442 g/mol. The number of anilines is 1. The number of aromatic nitrogens is 1. The van der Waals surface area contributed by atoms with Gasteiger partial charge >= 0.3 is 0 Å². The van der Waals surface area contributed by atoms with Crippen LogP contribution in [0.2, 0.25) is 0 Å². The summed E-state index contributed by atoms with van der Waals surface area (Å²) in [6, 6.07) is 22.3. The van der Waals surface area contributed by atoms with Gasteiger partial charge in [0, 0.05) is 5.69 Å². The van der Waals surface area contributed by atoms with E-state index >= 15 is 0 Å². The Bertz CT molecular complexity index is 1190. The van der Waals surface area contributed by atoms with Crippen molar-refractivity contribution in [2.24, 2.45) is 0 Å². The topological polar surface area (TPSA) is 75.0 Å². The van der Waals surface area contributed by atoms with Gasteiger partial charge in [-0.05, 0) is 67.9 Å². The molecular formula is C28H29N3O2S. The number of benzene rings is 2. The largest absolute Gasteiger partial charge is 0.492 e. The van der Waals surface area contributed by atoms with E-state index in [1.54, 1.807) is 0 Å². The number of aryl methyl sites for hydroxylation is 1. The molecule has 0 bridgehead atoms. The highest BCUT2D eigenvalue weighted by molar-refractivity contribution is 8.00. The number of nitrogens with one attached hydrogen (secondary N) is 1. The number of pyridine rings is 1. The molecule has 1 N–H and O–H groups in total. The number of nitriles is 1. The van der Waals surface area contributed by atoms with Crippen LogP contribution in [0.25, 0.3) is 0 Å². The van der Waals surface area contributed by atoms with Crippen LogP contribution in [0.3, 0.4) is 0 Å². The summed E-state index contributed by atoms with van der Waals surface area (Å²) in [5.41, 5.74) is 4.72. The normalized spacial score (nSPS) is 15.6. The van der Waals surface area contributed by atoms with E-state index in [9.17, 15) is 10.1 Å². The van der Waals surface area contributed by atoms with E-state index in [4.69, 9.17) is 9.72 Å². The van der Waals surface area contributed by atoms with Crippen molar-refractivity contribution in [1.29, 1.82) is 5.26 Å². The van der Waals surface area contributed by atoms with E-state index in [2.05, 4.69) is 35.7 Å². The average molecular weight is 472 g/mol. The number of carbonyl (C=O) groups is 1. The number of hydrogen-bond acceptors (Lipinski definition) is 5. The molecule has 0 saturated carbocycles. The fourth-order valence-corrected chi connectivity index (χ4v) is 5.34. The highest BCUT2D eigenvalue weighted by atomic mass is 32.2. The van der Waals surface area contributed by atoms with Crippen molar-refractivity contribution >= 4 is 23.4 Å². The van der Waals surface area contributed by atoms with Crippen molar-refractivity contribution < 1.29 is 9.53 Å². The summed E-state index contributed by atoms with van der Waals surface area (Å²) in [7, 11) is 0. The average Bonchev–Trinajstić information content (AvgIpc) is 2.88. The first-order chi connectivity index (χ1) is 16.6.